The van der Waals surface area contributed by atoms with Gasteiger partial charge in [-0.25, -0.2) is 8.42 Å². The third kappa shape index (κ3) is 5.31. The molecule has 0 spiro atoms. The highest BCUT2D eigenvalue weighted by Crippen LogP contribution is 2.38. The van der Waals surface area contributed by atoms with Crippen molar-refractivity contribution in [2.45, 2.75) is 62.6 Å². The van der Waals surface area contributed by atoms with E-state index < -0.39 is 15.4 Å². The number of hydrogen-bond donors (Lipinski definition) is 1. The largest absolute Gasteiger partial charge is 0.489 e. The predicted octanol–water partition coefficient (Wildman–Crippen LogP) is 6.07. The highest BCUT2D eigenvalue weighted by molar-refractivity contribution is 7.91. The van der Waals surface area contributed by atoms with Gasteiger partial charge in [-0.15, -0.1) is 0 Å². The Bertz CT molecular complexity index is 1160. The van der Waals surface area contributed by atoms with Crippen molar-refractivity contribution in [2.75, 3.05) is 5.75 Å². The second-order valence-electron chi connectivity index (χ2n) is 8.96. The van der Waals surface area contributed by atoms with Crippen molar-refractivity contribution in [3.8, 4) is 5.75 Å². The molecule has 1 aliphatic heterocycles. The van der Waals surface area contributed by atoms with E-state index in [2.05, 4.69) is 19.2 Å². The minimum atomic E-state index is -3.40. The van der Waals surface area contributed by atoms with Crippen molar-refractivity contribution < 1.29 is 13.2 Å². The molecule has 5 heteroatoms. The zero-order chi connectivity index (χ0) is 23.3. The Hall–Kier alpha value is -2.63. The average Bonchev–Trinajstić information content (AvgIpc) is 2.95. The van der Waals surface area contributed by atoms with Crippen LogP contribution in [-0.2, 0) is 16.4 Å². The van der Waals surface area contributed by atoms with Gasteiger partial charge >= 0.3 is 0 Å². The van der Waals surface area contributed by atoms with Crippen LogP contribution in [-0.4, -0.2) is 19.7 Å². The van der Waals surface area contributed by atoms with E-state index in [1.54, 1.807) is 6.07 Å². The van der Waals surface area contributed by atoms with Crippen LogP contribution in [0.25, 0.3) is 0 Å². The van der Waals surface area contributed by atoms with E-state index >= 15 is 0 Å². The Labute approximate surface area is 197 Å². The fourth-order valence-corrected chi connectivity index (χ4v) is 6.82. The SMILES string of the molecule is CCCC[C@]1(CC)CS(=O)(=O)c2ccccc2[C@@H](c2ccc(OCc3ccccc3)cc2)N1. The molecule has 1 aliphatic rings. The molecular weight excluding hydrogens is 430 g/mol. The number of ether oxygens (including phenoxy) is 1. The fourth-order valence-electron chi connectivity index (χ4n) is 4.67. The monoisotopic (exact) mass is 463 g/mol. The minimum Gasteiger partial charge on any atom is -0.489 e. The number of sulfone groups is 1. The van der Waals surface area contributed by atoms with Crippen molar-refractivity contribution >= 4 is 9.84 Å². The highest BCUT2D eigenvalue weighted by atomic mass is 32.2. The maximum Gasteiger partial charge on any atom is 0.180 e. The van der Waals surface area contributed by atoms with Crippen molar-refractivity contribution in [1.29, 1.82) is 0 Å². The molecule has 1 N–H and O–H groups in total. The minimum absolute atomic E-state index is 0.127. The zero-order valence-corrected chi connectivity index (χ0v) is 20.3. The molecule has 0 aromatic heterocycles. The first-order valence-electron chi connectivity index (χ1n) is 11.8. The van der Waals surface area contributed by atoms with Crippen molar-refractivity contribution in [3.05, 3.63) is 95.6 Å². The Morgan fingerprint density at radius 1 is 0.939 bits per heavy atom. The molecular formula is C28H33NO3S. The summed E-state index contributed by atoms with van der Waals surface area (Å²) in [4.78, 5) is 0.443. The van der Waals surface area contributed by atoms with Crippen molar-refractivity contribution in [2.24, 2.45) is 0 Å². The van der Waals surface area contributed by atoms with Gasteiger partial charge in [0.15, 0.2) is 9.84 Å². The van der Waals surface area contributed by atoms with Gasteiger partial charge in [-0.1, -0.05) is 87.4 Å². The lowest BCUT2D eigenvalue weighted by atomic mass is 9.88. The molecule has 3 aromatic rings. The first-order chi connectivity index (χ1) is 16.0. The van der Waals surface area contributed by atoms with E-state index in [9.17, 15) is 8.42 Å². The van der Waals surface area contributed by atoms with E-state index in [1.807, 2.05) is 72.8 Å². The number of hydrogen-bond acceptors (Lipinski definition) is 4. The summed E-state index contributed by atoms with van der Waals surface area (Å²) in [6.07, 6.45) is 3.62. The fraction of sp³-hybridized carbons (Fsp3) is 0.357. The van der Waals surface area contributed by atoms with E-state index in [1.165, 1.54) is 0 Å². The van der Waals surface area contributed by atoms with Gasteiger partial charge in [0.2, 0.25) is 0 Å². The van der Waals surface area contributed by atoms with Crippen LogP contribution < -0.4 is 10.1 Å². The molecule has 174 valence electrons. The number of rotatable bonds is 8. The summed E-state index contributed by atoms with van der Waals surface area (Å²) in [7, 11) is -3.40. The summed E-state index contributed by atoms with van der Waals surface area (Å²) in [6, 6.07) is 25.4. The quantitative estimate of drug-likeness (QED) is 0.440. The van der Waals surface area contributed by atoms with Crippen LogP contribution in [0.5, 0.6) is 5.75 Å². The lowest BCUT2D eigenvalue weighted by Gasteiger charge is -2.36. The summed E-state index contributed by atoms with van der Waals surface area (Å²) in [5.41, 5.74) is 2.53. The van der Waals surface area contributed by atoms with Gasteiger partial charge in [-0.3, -0.25) is 5.32 Å². The topological polar surface area (TPSA) is 55.4 Å². The number of benzene rings is 3. The van der Waals surface area contributed by atoms with Gasteiger partial charge in [0, 0.05) is 5.54 Å². The van der Waals surface area contributed by atoms with E-state index in [0.29, 0.717) is 11.5 Å². The zero-order valence-electron chi connectivity index (χ0n) is 19.5. The molecule has 33 heavy (non-hydrogen) atoms. The Balaban J connectivity index is 1.66. The smallest absolute Gasteiger partial charge is 0.180 e. The van der Waals surface area contributed by atoms with E-state index in [4.69, 9.17) is 4.74 Å². The van der Waals surface area contributed by atoms with Gasteiger partial charge in [0.25, 0.3) is 0 Å². The van der Waals surface area contributed by atoms with Crippen LogP contribution in [0.4, 0.5) is 0 Å². The van der Waals surface area contributed by atoms with Gasteiger partial charge in [-0.2, -0.15) is 0 Å². The van der Waals surface area contributed by atoms with E-state index in [0.717, 1.165) is 48.1 Å². The molecule has 1 heterocycles. The third-order valence-electron chi connectivity index (χ3n) is 6.63. The molecule has 0 saturated heterocycles. The van der Waals surface area contributed by atoms with Crippen LogP contribution in [0.15, 0.2) is 83.8 Å². The van der Waals surface area contributed by atoms with Crippen molar-refractivity contribution in [1.82, 2.24) is 5.32 Å². The van der Waals surface area contributed by atoms with Gasteiger partial charge in [0.05, 0.1) is 16.7 Å². The van der Waals surface area contributed by atoms with Crippen molar-refractivity contribution in [3.63, 3.8) is 0 Å². The first-order valence-corrected chi connectivity index (χ1v) is 13.5. The second kappa shape index (κ2) is 10.1. The molecule has 0 bridgehead atoms. The molecule has 0 aliphatic carbocycles. The van der Waals surface area contributed by atoms with Crippen LogP contribution in [0.1, 0.15) is 62.3 Å². The molecule has 0 radical (unpaired) electrons. The summed E-state index contributed by atoms with van der Waals surface area (Å²) >= 11 is 0. The van der Waals surface area contributed by atoms with Crippen LogP contribution >= 0.6 is 0 Å². The van der Waals surface area contributed by atoms with Crippen LogP contribution in [0, 0.1) is 0 Å². The van der Waals surface area contributed by atoms with E-state index in [-0.39, 0.29) is 11.8 Å². The molecule has 4 rings (SSSR count). The first kappa shape index (κ1) is 23.5. The maximum absolute atomic E-state index is 13.4. The Morgan fingerprint density at radius 2 is 1.64 bits per heavy atom. The molecule has 3 aromatic carbocycles. The number of fused-ring (bicyclic) bond motifs is 1. The van der Waals surface area contributed by atoms with Crippen LogP contribution in [0.3, 0.4) is 0 Å². The third-order valence-corrected chi connectivity index (χ3v) is 8.60. The van der Waals surface area contributed by atoms with Gasteiger partial charge < -0.3 is 4.74 Å². The summed E-state index contributed by atoms with van der Waals surface area (Å²) in [5, 5.41) is 3.80. The molecule has 2 atom stereocenters. The molecule has 0 amide bonds. The Morgan fingerprint density at radius 3 is 2.33 bits per heavy atom. The Kier molecular flexibility index (Phi) is 7.20. The summed E-state index contributed by atoms with van der Waals surface area (Å²) in [6.45, 7) is 4.75. The maximum atomic E-state index is 13.4. The number of unbranched alkanes of at least 4 members (excludes halogenated alkanes) is 1. The summed E-state index contributed by atoms with van der Waals surface area (Å²) < 4.78 is 32.8. The van der Waals surface area contributed by atoms with Gasteiger partial charge in [0.1, 0.15) is 12.4 Å². The summed E-state index contributed by atoms with van der Waals surface area (Å²) in [5.74, 6) is 0.923. The normalized spacial score (nSPS) is 21.7. The predicted molar refractivity (Wildman–Crippen MR) is 133 cm³/mol. The van der Waals surface area contributed by atoms with Gasteiger partial charge in [-0.05, 0) is 47.7 Å². The molecule has 0 fully saturated rings. The molecule has 0 unspecified atom stereocenters. The standard InChI is InChI=1S/C28H33NO3S/c1-3-5-19-28(4-2)21-33(30,31)26-14-10-9-13-25(26)27(29-28)23-15-17-24(18-16-23)32-20-22-11-7-6-8-12-22/h6-18,27,29H,3-5,19-21H2,1-2H3/t27-,28-/m1/s1. The molecule has 4 nitrogen and oxygen atoms in total. The molecule has 0 saturated carbocycles. The lowest BCUT2D eigenvalue weighted by Crippen LogP contribution is -2.50. The second-order valence-corrected chi connectivity index (χ2v) is 10.9. The highest BCUT2D eigenvalue weighted by Gasteiger charge is 2.41. The lowest BCUT2D eigenvalue weighted by molar-refractivity contribution is 0.294. The van der Waals surface area contributed by atoms with Crippen LogP contribution in [0.2, 0.25) is 0 Å². The average molecular weight is 464 g/mol. The number of nitrogens with one attached hydrogen (secondary N) is 1.